The summed E-state index contributed by atoms with van der Waals surface area (Å²) in [7, 11) is 0. The maximum atomic E-state index is 12.5. The van der Waals surface area contributed by atoms with Crippen LogP contribution < -0.4 is 0 Å². The standard InChI is InChI=1S/C15H10Br3F3/c16-11-5-6-13(17)12(8-11)14(18)7-9-1-3-10(4-2-9)15(19,20)21/h1-6,8,14H,7H2. The Balaban J connectivity index is 2.16. The lowest BCUT2D eigenvalue weighted by atomic mass is 10.0. The molecule has 0 heterocycles. The van der Waals surface area contributed by atoms with E-state index in [9.17, 15) is 13.2 Å². The van der Waals surface area contributed by atoms with Crippen molar-refractivity contribution in [3.63, 3.8) is 0 Å². The summed E-state index contributed by atoms with van der Waals surface area (Å²) in [5, 5.41) is 0. The maximum Gasteiger partial charge on any atom is 0.416 e. The van der Waals surface area contributed by atoms with Gasteiger partial charge in [0.05, 0.1) is 5.56 Å². The number of halogens is 6. The Bertz CT molecular complexity index is 621. The number of hydrogen-bond donors (Lipinski definition) is 0. The van der Waals surface area contributed by atoms with Crippen LogP contribution in [0.5, 0.6) is 0 Å². The van der Waals surface area contributed by atoms with Gasteiger partial charge in [-0.15, -0.1) is 0 Å². The van der Waals surface area contributed by atoms with Crippen LogP contribution in [0.2, 0.25) is 0 Å². The van der Waals surface area contributed by atoms with E-state index in [1.807, 2.05) is 18.2 Å². The molecule has 0 fully saturated rings. The largest absolute Gasteiger partial charge is 0.416 e. The van der Waals surface area contributed by atoms with Gasteiger partial charge in [0.25, 0.3) is 0 Å². The van der Waals surface area contributed by atoms with Gasteiger partial charge in [0.2, 0.25) is 0 Å². The average Bonchev–Trinajstić information content (AvgIpc) is 2.41. The molecule has 2 rings (SSSR count). The van der Waals surface area contributed by atoms with Crippen molar-refractivity contribution in [2.45, 2.75) is 17.4 Å². The molecule has 112 valence electrons. The molecule has 0 spiro atoms. The molecule has 6 heteroatoms. The van der Waals surface area contributed by atoms with Crippen LogP contribution in [-0.2, 0) is 12.6 Å². The monoisotopic (exact) mass is 484 g/mol. The predicted molar refractivity (Wildman–Crippen MR) is 88.7 cm³/mol. The highest BCUT2D eigenvalue weighted by molar-refractivity contribution is 9.11. The Morgan fingerprint density at radius 3 is 2.14 bits per heavy atom. The van der Waals surface area contributed by atoms with Crippen LogP contribution in [0.3, 0.4) is 0 Å². The van der Waals surface area contributed by atoms with Gasteiger partial charge in [-0.25, -0.2) is 0 Å². The van der Waals surface area contributed by atoms with Gasteiger partial charge >= 0.3 is 6.18 Å². The van der Waals surface area contributed by atoms with Gasteiger partial charge in [-0.05, 0) is 47.9 Å². The fourth-order valence-electron chi connectivity index (χ4n) is 1.90. The van der Waals surface area contributed by atoms with E-state index in [1.165, 1.54) is 12.1 Å². The Kier molecular flexibility index (Phi) is 5.54. The van der Waals surface area contributed by atoms with E-state index >= 15 is 0 Å². The fraction of sp³-hybridized carbons (Fsp3) is 0.200. The minimum Gasteiger partial charge on any atom is -0.166 e. The molecule has 2 aromatic carbocycles. The molecule has 0 saturated heterocycles. The second-order valence-corrected chi connectivity index (χ2v) is 7.41. The zero-order chi connectivity index (χ0) is 15.6. The summed E-state index contributed by atoms with van der Waals surface area (Å²) in [5.41, 5.74) is 1.27. The van der Waals surface area contributed by atoms with Crippen molar-refractivity contribution < 1.29 is 13.2 Å². The van der Waals surface area contributed by atoms with Crippen LogP contribution in [0, 0.1) is 0 Å². The molecular weight excluding hydrogens is 477 g/mol. The van der Waals surface area contributed by atoms with Gasteiger partial charge in [-0.1, -0.05) is 59.9 Å². The lowest BCUT2D eigenvalue weighted by Crippen LogP contribution is -2.05. The van der Waals surface area contributed by atoms with Crippen LogP contribution in [0.15, 0.2) is 51.4 Å². The molecule has 1 atom stereocenters. The molecule has 0 nitrogen and oxygen atoms in total. The summed E-state index contributed by atoms with van der Waals surface area (Å²) < 4.78 is 39.5. The molecule has 1 unspecified atom stereocenters. The van der Waals surface area contributed by atoms with Crippen molar-refractivity contribution in [3.05, 3.63) is 68.1 Å². The third kappa shape index (κ3) is 4.57. The number of rotatable bonds is 3. The Hall–Kier alpha value is -0.330. The topological polar surface area (TPSA) is 0 Å². The minimum absolute atomic E-state index is 0.0149. The van der Waals surface area contributed by atoms with E-state index in [1.54, 1.807) is 0 Å². The van der Waals surface area contributed by atoms with Crippen molar-refractivity contribution in [1.82, 2.24) is 0 Å². The lowest BCUT2D eigenvalue weighted by Gasteiger charge is -2.14. The molecule has 21 heavy (non-hydrogen) atoms. The summed E-state index contributed by atoms with van der Waals surface area (Å²) in [6.45, 7) is 0. The van der Waals surface area contributed by atoms with Gasteiger partial charge in [-0.3, -0.25) is 0 Å². The predicted octanol–water partition coefficient (Wildman–Crippen LogP) is 6.91. The Morgan fingerprint density at radius 1 is 0.952 bits per heavy atom. The van der Waals surface area contributed by atoms with E-state index in [0.29, 0.717) is 6.42 Å². The first-order valence-corrected chi connectivity index (χ1v) is 8.52. The maximum absolute atomic E-state index is 12.5. The highest BCUT2D eigenvalue weighted by atomic mass is 79.9. The molecule has 0 bridgehead atoms. The smallest absolute Gasteiger partial charge is 0.166 e. The first-order valence-electron chi connectivity index (χ1n) is 6.02. The minimum atomic E-state index is -4.29. The Morgan fingerprint density at radius 2 is 1.57 bits per heavy atom. The molecule has 2 aromatic rings. The Labute approximate surface area is 146 Å². The van der Waals surface area contributed by atoms with Crippen LogP contribution in [0.4, 0.5) is 13.2 Å². The van der Waals surface area contributed by atoms with E-state index < -0.39 is 11.7 Å². The third-order valence-electron chi connectivity index (χ3n) is 2.99. The molecule has 0 aromatic heterocycles. The van der Waals surface area contributed by atoms with Crippen molar-refractivity contribution >= 4 is 47.8 Å². The zero-order valence-electron chi connectivity index (χ0n) is 10.6. The average molecular weight is 487 g/mol. The number of hydrogen-bond acceptors (Lipinski definition) is 0. The van der Waals surface area contributed by atoms with Crippen molar-refractivity contribution in [1.29, 1.82) is 0 Å². The van der Waals surface area contributed by atoms with Crippen molar-refractivity contribution in [2.75, 3.05) is 0 Å². The van der Waals surface area contributed by atoms with Gasteiger partial charge in [-0.2, -0.15) is 13.2 Å². The molecule has 0 aliphatic carbocycles. The first kappa shape index (κ1) is 17.0. The van der Waals surface area contributed by atoms with E-state index in [0.717, 1.165) is 32.2 Å². The quantitative estimate of drug-likeness (QED) is 0.413. The van der Waals surface area contributed by atoms with Crippen LogP contribution in [0.1, 0.15) is 21.5 Å². The summed E-state index contributed by atoms with van der Waals surface area (Å²) in [4.78, 5) is 0.0149. The van der Waals surface area contributed by atoms with Crippen LogP contribution >= 0.6 is 47.8 Å². The highest BCUT2D eigenvalue weighted by Gasteiger charge is 2.30. The zero-order valence-corrected chi connectivity index (χ0v) is 15.4. The number of benzene rings is 2. The second-order valence-electron chi connectivity index (χ2n) is 4.53. The lowest BCUT2D eigenvalue weighted by molar-refractivity contribution is -0.137. The van der Waals surface area contributed by atoms with Crippen LogP contribution in [-0.4, -0.2) is 0 Å². The van der Waals surface area contributed by atoms with Crippen molar-refractivity contribution in [2.24, 2.45) is 0 Å². The van der Waals surface area contributed by atoms with Gasteiger partial charge in [0.15, 0.2) is 0 Å². The summed E-state index contributed by atoms with van der Waals surface area (Å²) in [6, 6.07) is 11.1. The highest BCUT2D eigenvalue weighted by Crippen LogP contribution is 2.35. The molecule has 0 N–H and O–H groups in total. The normalized spacial score (nSPS) is 13.2. The van der Waals surface area contributed by atoms with Gasteiger partial charge in [0, 0.05) is 13.8 Å². The molecule has 0 aliphatic rings. The summed E-state index contributed by atoms with van der Waals surface area (Å²) in [5.74, 6) is 0. The SMILES string of the molecule is FC(F)(F)c1ccc(CC(Br)c2cc(Br)ccc2Br)cc1. The molecule has 0 aliphatic heterocycles. The molecular formula is C15H10Br3F3. The van der Waals surface area contributed by atoms with E-state index in [2.05, 4.69) is 47.8 Å². The summed E-state index contributed by atoms with van der Waals surface area (Å²) >= 11 is 10.5. The van der Waals surface area contributed by atoms with E-state index in [-0.39, 0.29) is 4.83 Å². The molecule has 0 saturated carbocycles. The first-order chi connectivity index (χ1) is 9.77. The van der Waals surface area contributed by atoms with Gasteiger partial charge < -0.3 is 0 Å². The van der Waals surface area contributed by atoms with E-state index in [4.69, 9.17) is 0 Å². The fourth-order valence-corrected chi connectivity index (χ4v) is 3.86. The molecule has 0 amide bonds. The van der Waals surface area contributed by atoms with Crippen molar-refractivity contribution in [3.8, 4) is 0 Å². The second kappa shape index (κ2) is 6.84. The van der Waals surface area contributed by atoms with Gasteiger partial charge in [0.1, 0.15) is 0 Å². The molecule has 0 radical (unpaired) electrons. The van der Waals surface area contributed by atoms with Crippen LogP contribution in [0.25, 0.3) is 0 Å². The third-order valence-corrected chi connectivity index (χ3v) is 5.02. The number of alkyl halides is 4. The summed E-state index contributed by atoms with van der Waals surface area (Å²) in [6.07, 6.45) is -3.69.